The van der Waals surface area contributed by atoms with Crippen molar-refractivity contribution in [3.63, 3.8) is 0 Å². The number of aliphatic hydroxyl groups is 1. The van der Waals surface area contributed by atoms with Gasteiger partial charge in [0.2, 0.25) is 5.91 Å². The highest BCUT2D eigenvalue weighted by Crippen LogP contribution is 2.20. The largest absolute Gasteiger partial charge is 0.391 e. The number of carbonyl (C=O) groups is 1. The van der Waals surface area contributed by atoms with Gasteiger partial charge < -0.3 is 14.7 Å². The van der Waals surface area contributed by atoms with E-state index in [0.717, 1.165) is 0 Å². The Hall–Kier alpha value is -0.610. The number of hydrogen-bond acceptors (Lipinski definition) is 3. The van der Waals surface area contributed by atoms with Gasteiger partial charge in [0.15, 0.2) is 0 Å². The number of rotatable bonds is 0. The second-order valence-electron chi connectivity index (χ2n) is 3.10. The maximum absolute atomic E-state index is 11.1. The molecule has 2 rings (SSSR count). The lowest BCUT2D eigenvalue weighted by atomic mass is 10.2. The fourth-order valence-electron chi connectivity index (χ4n) is 1.72. The number of fused-ring (bicyclic) bond motifs is 1. The van der Waals surface area contributed by atoms with Crippen molar-refractivity contribution < 1.29 is 14.6 Å². The van der Waals surface area contributed by atoms with Crippen LogP contribution in [0.2, 0.25) is 0 Å². The number of hydrogen-bond donors (Lipinski definition) is 1. The second kappa shape index (κ2) is 2.46. The van der Waals surface area contributed by atoms with Crippen LogP contribution < -0.4 is 0 Å². The first kappa shape index (κ1) is 7.06. The first-order valence-corrected chi connectivity index (χ1v) is 3.82. The van der Waals surface area contributed by atoms with Crippen molar-refractivity contribution in [3.05, 3.63) is 0 Å². The van der Waals surface area contributed by atoms with Crippen LogP contribution >= 0.6 is 0 Å². The summed E-state index contributed by atoms with van der Waals surface area (Å²) in [6.07, 6.45) is 0.330. The van der Waals surface area contributed by atoms with Crippen molar-refractivity contribution in [1.29, 1.82) is 0 Å². The standard InChI is InChI=1S/C7H11NO3/c9-6-1-5-3-11-4-7(10)8(5)2-6/h5-6,9H,1-4H2/t5-,6+/m0/s1. The monoisotopic (exact) mass is 157 g/mol. The zero-order valence-electron chi connectivity index (χ0n) is 6.19. The third-order valence-corrected chi connectivity index (χ3v) is 2.25. The van der Waals surface area contributed by atoms with Gasteiger partial charge in [-0.15, -0.1) is 0 Å². The summed E-state index contributed by atoms with van der Waals surface area (Å²) in [7, 11) is 0. The molecule has 2 saturated heterocycles. The van der Waals surface area contributed by atoms with E-state index < -0.39 is 0 Å². The normalized spacial score (nSPS) is 37.5. The smallest absolute Gasteiger partial charge is 0.248 e. The summed E-state index contributed by atoms with van der Waals surface area (Å²) >= 11 is 0. The molecule has 2 atom stereocenters. The fourth-order valence-corrected chi connectivity index (χ4v) is 1.72. The van der Waals surface area contributed by atoms with E-state index in [-0.39, 0.29) is 24.7 Å². The molecule has 0 aromatic heterocycles. The first-order chi connectivity index (χ1) is 5.27. The maximum atomic E-state index is 11.1. The molecule has 0 aromatic carbocycles. The molecular weight excluding hydrogens is 146 g/mol. The molecule has 0 bridgehead atoms. The molecule has 0 spiro atoms. The van der Waals surface area contributed by atoms with Crippen molar-refractivity contribution in [2.24, 2.45) is 0 Å². The van der Waals surface area contributed by atoms with Gasteiger partial charge in [0.1, 0.15) is 6.61 Å². The lowest BCUT2D eigenvalue weighted by Crippen LogP contribution is -2.45. The SMILES string of the molecule is O=C1COC[C@@H]2C[C@@H](O)CN12. The summed E-state index contributed by atoms with van der Waals surface area (Å²) in [6.45, 7) is 1.26. The maximum Gasteiger partial charge on any atom is 0.248 e. The third kappa shape index (κ3) is 1.12. The van der Waals surface area contributed by atoms with E-state index in [2.05, 4.69) is 0 Å². The summed E-state index contributed by atoms with van der Waals surface area (Å²) in [6, 6.07) is 0.131. The van der Waals surface area contributed by atoms with Gasteiger partial charge in [-0.3, -0.25) is 4.79 Å². The van der Waals surface area contributed by atoms with E-state index in [0.29, 0.717) is 19.6 Å². The van der Waals surface area contributed by atoms with Crippen molar-refractivity contribution in [3.8, 4) is 0 Å². The topological polar surface area (TPSA) is 49.8 Å². The molecular formula is C7H11NO3. The fraction of sp³-hybridized carbons (Fsp3) is 0.857. The molecule has 11 heavy (non-hydrogen) atoms. The molecule has 1 N–H and O–H groups in total. The van der Waals surface area contributed by atoms with E-state index in [1.807, 2.05) is 0 Å². The van der Waals surface area contributed by atoms with Crippen LogP contribution in [0.5, 0.6) is 0 Å². The van der Waals surface area contributed by atoms with E-state index in [4.69, 9.17) is 4.74 Å². The highest BCUT2D eigenvalue weighted by Gasteiger charge is 2.36. The zero-order valence-corrected chi connectivity index (χ0v) is 6.19. The minimum Gasteiger partial charge on any atom is -0.391 e. The highest BCUT2D eigenvalue weighted by molar-refractivity contribution is 5.78. The third-order valence-electron chi connectivity index (χ3n) is 2.25. The van der Waals surface area contributed by atoms with Gasteiger partial charge in [0, 0.05) is 6.54 Å². The van der Waals surface area contributed by atoms with E-state index >= 15 is 0 Å². The molecule has 0 aromatic rings. The molecule has 4 nitrogen and oxygen atoms in total. The molecule has 0 radical (unpaired) electrons. The van der Waals surface area contributed by atoms with Gasteiger partial charge in [0.05, 0.1) is 18.8 Å². The summed E-state index contributed by atoms with van der Waals surface area (Å²) in [5.41, 5.74) is 0. The van der Waals surface area contributed by atoms with Crippen LogP contribution in [-0.2, 0) is 9.53 Å². The molecule has 62 valence electrons. The summed E-state index contributed by atoms with van der Waals surface area (Å²) < 4.78 is 5.04. The predicted octanol–water partition coefficient (Wildman–Crippen LogP) is -1.02. The average molecular weight is 157 g/mol. The van der Waals surface area contributed by atoms with Gasteiger partial charge in [-0.05, 0) is 6.42 Å². The van der Waals surface area contributed by atoms with Crippen molar-refractivity contribution in [2.45, 2.75) is 18.6 Å². The zero-order chi connectivity index (χ0) is 7.84. The van der Waals surface area contributed by atoms with Crippen molar-refractivity contribution in [1.82, 2.24) is 4.90 Å². The molecule has 2 aliphatic rings. The van der Waals surface area contributed by atoms with E-state index in [1.165, 1.54) is 0 Å². The minimum absolute atomic E-state index is 0.0119. The first-order valence-electron chi connectivity index (χ1n) is 3.82. The average Bonchev–Trinajstić information content (AvgIpc) is 2.31. The molecule has 2 aliphatic heterocycles. The molecule has 4 heteroatoms. The van der Waals surface area contributed by atoms with Crippen LogP contribution in [0.25, 0.3) is 0 Å². The predicted molar refractivity (Wildman–Crippen MR) is 36.9 cm³/mol. The van der Waals surface area contributed by atoms with Crippen LogP contribution in [-0.4, -0.2) is 47.8 Å². The Balaban J connectivity index is 2.09. The van der Waals surface area contributed by atoms with Gasteiger partial charge in [0.25, 0.3) is 0 Å². The van der Waals surface area contributed by atoms with Crippen molar-refractivity contribution in [2.75, 3.05) is 19.8 Å². The van der Waals surface area contributed by atoms with Gasteiger partial charge in [-0.2, -0.15) is 0 Å². The number of amides is 1. The minimum atomic E-state index is -0.342. The van der Waals surface area contributed by atoms with E-state index in [1.54, 1.807) is 4.90 Å². The number of carbonyl (C=O) groups excluding carboxylic acids is 1. The Morgan fingerprint density at radius 1 is 1.64 bits per heavy atom. The van der Waals surface area contributed by atoms with Crippen LogP contribution in [0.3, 0.4) is 0 Å². The molecule has 0 unspecified atom stereocenters. The molecule has 0 aliphatic carbocycles. The molecule has 2 heterocycles. The second-order valence-corrected chi connectivity index (χ2v) is 3.10. The summed E-state index contributed by atoms with van der Waals surface area (Å²) in [4.78, 5) is 12.8. The molecule has 2 fully saturated rings. The van der Waals surface area contributed by atoms with Crippen LogP contribution in [0.1, 0.15) is 6.42 Å². The molecule has 1 amide bonds. The van der Waals surface area contributed by atoms with Crippen LogP contribution in [0, 0.1) is 0 Å². The van der Waals surface area contributed by atoms with Crippen LogP contribution in [0.15, 0.2) is 0 Å². The number of morpholine rings is 1. The van der Waals surface area contributed by atoms with Crippen LogP contribution in [0.4, 0.5) is 0 Å². The lowest BCUT2D eigenvalue weighted by Gasteiger charge is -2.28. The number of aliphatic hydroxyl groups excluding tert-OH is 1. The van der Waals surface area contributed by atoms with Gasteiger partial charge in [-0.25, -0.2) is 0 Å². The Labute approximate surface area is 64.7 Å². The Kier molecular flexibility index (Phi) is 1.58. The Morgan fingerprint density at radius 2 is 2.45 bits per heavy atom. The number of nitrogens with zero attached hydrogens (tertiary/aromatic N) is 1. The Bertz CT molecular complexity index is 183. The van der Waals surface area contributed by atoms with Crippen molar-refractivity contribution >= 4 is 5.91 Å². The Morgan fingerprint density at radius 3 is 3.18 bits per heavy atom. The lowest BCUT2D eigenvalue weighted by molar-refractivity contribution is -0.145. The number of ether oxygens (including phenoxy) is 1. The highest BCUT2D eigenvalue weighted by atomic mass is 16.5. The van der Waals surface area contributed by atoms with Gasteiger partial charge in [-0.1, -0.05) is 0 Å². The summed E-state index contributed by atoms with van der Waals surface area (Å²) in [5.74, 6) is 0.0119. The quantitative estimate of drug-likeness (QED) is 0.489. The molecule has 0 saturated carbocycles. The van der Waals surface area contributed by atoms with E-state index in [9.17, 15) is 9.90 Å². The van der Waals surface area contributed by atoms with Gasteiger partial charge >= 0.3 is 0 Å². The summed E-state index contributed by atoms with van der Waals surface area (Å²) in [5, 5.41) is 9.23.